The SMILES string of the molecule is O=C1CCN(Cc2ccc(C(F)(F)F)cc2)CCN1Cc1cc2c(cc1Cl)OCO2. The molecular weight excluding hydrogens is 421 g/mol. The fourth-order valence-electron chi connectivity index (χ4n) is 3.58. The topological polar surface area (TPSA) is 42.0 Å². The largest absolute Gasteiger partial charge is 0.454 e. The molecule has 2 aromatic rings. The summed E-state index contributed by atoms with van der Waals surface area (Å²) >= 11 is 6.33. The van der Waals surface area contributed by atoms with Gasteiger partial charge in [-0.1, -0.05) is 23.7 Å². The van der Waals surface area contributed by atoms with Crippen molar-refractivity contribution in [1.82, 2.24) is 9.80 Å². The molecule has 160 valence electrons. The van der Waals surface area contributed by atoms with Gasteiger partial charge in [-0.15, -0.1) is 0 Å². The third-order valence-corrected chi connectivity index (χ3v) is 5.62. The number of fused-ring (bicyclic) bond motifs is 1. The molecule has 30 heavy (non-hydrogen) atoms. The average Bonchev–Trinajstić information content (AvgIpc) is 3.08. The lowest BCUT2D eigenvalue weighted by Gasteiger charge is -2.23. The summed E-state index contributed by atoms with van der Waals surface area (Å²) < 4.78 is 48.9. The molecule has 0 radical (unpaired) electrons. The minimum absolute atomic E-state index is 0.0126. The normalized spacial score (nSPS) is 17.3. The Morgan fingerprint density at radius 3 is 2.37 bits per heavy atom. The first-order chi connectivity index (χ1) is 14.3. The summed E-state index contributed by atoms with van der Waals surface area (Å²) in [7, 11) is 0. The average molecular weight is 441 g/mol. The van der Waals surface area contributed by atoms with Gasteiger partial charge in [-0.3, -0.25) is 9.69 Å². The zero-order valence-electron chi connectivity index (χ0n) is 16.0. The molecule has 0 atom stereocenters. The number of hydrogen-bond donors (Lipinski definition) is 0. The number of amides is 1. The molecule has 5 nitrogen and oxygen atoms in total. The molecule has 2 heterocycles. The molecule has 2 aromatic carbocycles. The minimum atomic E-state index is -4.34. The lowest BCUT2D eigenvalue weighted by Crippen LogP contribution is -2.32. The van der Waals surface area contributed by atoms with Crippen LogP contribution in [0.3, 0.4) is 0 Å². The van der Waals surface area contributed by atoms with Crippen LogP contribution in [0.5, 0.6) is 11.5 Å². The maximum absolute atomic E-state index is 12.7. The van der Waals surface area contributed by atoms with Crippen molar-refractivity contribution >= 4 is 17.5 Å². The monoisotopic (exact) mass is 440 g/mol. The maximum atomic E-state index is 12.7. The Hall–Kier alpha value is -2.45. The van der Waals surface area contributed by atoms with Crippen molar-refractivity contribution in [1.29, 1.82) is 0 Å². The van der Waals surface area contributed by atoms with E-state index in [0.717, 1.165) is 23.3 Å². The number of carbonyl (C=O) groups is 1. The Bertz CT molecular complexity index is 934. The molecule has 0 bridgehead atoms. The molecule has 2 aliphatic heterocycles. The van der Waals surface area contributed by atoms with E-state index in [1.165, 1.54) is 12.1 Å². The van der Waals surface area contributed by atoms with Crippen LogP contribution >= 0.6 is 11.6 Å². The summed E-state index contributed by atoms with van der Waals surface area (Å²) in [5, 5.41) is 0.512. The molecule has 0 aromatic heterocycles. The first-order valence-corrected chi connectivity index (χ1v) is 9.92. The molecular formula is C21H20ClF3N2O3. The Balaban J connectivity index is 1.39. The predicted molar refractivity (Wildman–Crippen MR) is 104 cm³/mol. The number of halogens is 4. The van der Waals surface area contributed by atoms with E-state index in [0.29, 0.717) is 55.7 Å². The highest BCUT2D eigenvalue weighted by Crippen LogP contribution is 2.37. The van der Waals surface area contributed by atoms with E-state index in [1.54, 1.807) is 17.0 Å². The highest BCUT2D eigenvalue weighted by molar-refractivity contribution is 6.31. The molecule has 0 saturated carbocycles. The van der Waals surface area contributed by atoms with Crippen LogP contribution in [-0.4, -0.2) is 42.1 Å². The fourth-order valence-corrected chi connectivity index (χ4v) is 3.79. The molecule has 0 aliphatic carbocycles. The molecule has 2 aliphatic rings. The lowest BCUT2D eigenvalue weighted by atomic mass is 10.1. The molecule has 0 N–H and O–H groups in total. The van der Waals surface area contributed by atoms with Crippen molar-refractivity contribution in [3.63, 3.8) is 0 Å². The summed E-state index contributed by atoms with van der Waals surface area (Å²) in [6.45, 7) is 2.67. The Morgan fingerprint density at radius 1 is 0.967 bits per heavy atom. The molecule has 1 fully saturated rings. The smallest absolute Gasteiger partial charge is 0.416 e. The lowest BCUT2D eigenvalue weighted by molar-refractivity contribution is -0.137. The molecule has 9 heteroatoms. The number of ether oxygens (including phenoxy) is 2. The van der Waals surface area contributed by atoms with Crippen molar-refractivity contribution in [3.8, 4) is 11.5 Å². The second-order valence-electron chi connectivity index (χ2n) is 7.33. The quantitative estimate of drug-likeness (QED) is 0.710. The van der Waals surface area contributed by atoms with Gasteiger partial charge < -0.3 is 14.4 Å². The zero-order chi connectivity index (χ0) is 21.3. The van der Waals surface area contributed by atoms with Gasteiger partial charge >= 0.3 is 6.18 Å². The van der Waals surface area contributed by atoms with Crippen LogP contribution in [-0.2, 0) is 24.1 Å². The fraction of sp³-hybridized carbons (Fsp3) is 0.381. The van der Waals surface area contributed by atoms with Gasteiger partial charge in [0.05, 0.1) is 5.56 Å². The van der Waals surface area contributed by atoms with E-state index in [2.05, 4.69) is 4.90 Å². The van der Waals surface area contributed by atoms with E-state index in [9.17, 15) is 18.0 Å². The van der Waals surface area contributed by atoms with Crippen LogP contribution < -0.4 is 9.47 Å². The van der Waals surface area contributed by atoms with Crippen molar-refractivity contribution in [2.45, 2.75) is 25.7 Å². The third-order valence-electron chi connectivity index (χ3n) is 5.27. The van der Waals surface area contributed by atoms with Crippen LogP contribution in [0.2, 0.25) is 5.02 Å². The van der Waals surface area contributed by atoms with Gasteiger partial charge in [-0.25, -0.2) is 0 Å². The summed E-state index contributed by atoms with van der Waals surface area (Å²) in [5.74, 6) is 1.22. The Kier molecular flexibility index (Phi) is 5.79. The van der Waals surface area contributed by atoms with E-state index in [4.69, 9.17) is 21.1 Å². The molecule has 4 rings (SSSR count). The van der Waals surface area contributed by atoms with Crippen LogP contribution in [0.15, 0.2) is 36.4 Å². The zero-order valence-corrected chi connectivity index (χ0v) is 16.8. The number of carbonyl (C=O) groups excluding carboxylic acids is 1. The van der Waals surface area contributed by atoms with Gasteiger partial charge in [-0.2, -0.15) is 13.2 Å². The second-order valence-corrected chi connectivity index (χ2v) is 7.74. The predicted octanol–water partition coefficient (Wildman–Crippen LogP) is 4.32. The van der Waals surface area contributed by atoms with Crippen molar-refractivity contribution in [2.24, 2.45) is 0 Å². The summed E-state index contributed by atoms with van der Waals surface area (Å²) in [5.41, 5.74) is 0.900. The second kappa shape index (κ2) is 8.35. The molecule has 1 amide bonds. The van der Waals surface area contributed by atoms with Crippen molar-refractivity contribution < 1.29 is 27.4 Å². The molecule has 0 unspecified atom stereocenters. The standard InChI is InChI=1S/C21H20ClF3N2O3/c22-17-10-19-18(29-13-30-19)9-15(17)12-27-8-7-26(6-5-20(27)28)11-14-1-3-16(4-2-14)21(23,24)25/h1-4,9-10H,5-8,11-13H2. The number of nitrogens with zero attached hydrogens (tertiary/aromatic N) is 2. The first-order valence-electron chi connectivity index (χ1n) is 9.54. The van der Waals surface area contributed by atoms with Crippen LogP contribution in [0, 0.1) is 0 Å². The van der Waals surface area contributed by atoms with Gasteiger partial charge in [0, 0.05) is 50.2 Å². The number of hydrogen-bond acceptors (Lipinski definition) is 4. The number of alkyl halides is 3. The number of benzene rings is 2. The highest BCUT2D eigenvalue weighted by atomic mass is 35.5. The van der Waals surface area contributed by atoms with Crippen molar-refractivity contribution in [2.75, 3.05) is 26.4 Å². The van der Waals surface area contributed by atoms with Gasteiger partial charge in [-0.05, 0) is 29.3 Å². The third kappa shape index (κ3) is 4.65. The summed E-state index contributed by atoms with van der Waals surface area (Å²) in [6.07, 6.45) is -4.01. The van der Waals surface area contributed by atoms with E-state index >= 15 is 0 Å². The van der Waals surface area contributed by atoms with Gasteiger partial charge in [0.1, 0.15) is 0 Å². The van der Waals surface area contributed by atoms with E-state index in [-0.39, 0.29) is 12.7 Å². The first kappa shape index (κ1) is 20.8. The maximum Gasteiger partial charge on any atom is 0.416 e. The van der Waals surface area contributed by atoms with E-state index in [1.807, 2.05) is 0 Å². The minimum Gasteiger partial charge on any atom is -0.454 e. The Morgan fingerprint density at radius 2 is 1.67 bits per heavy atom. The van der Waals surface area contributed by atoms with Crippen LogP contribution in [0.4, 0.5) is 13.2 Å². The molecule has 1 saturated heterocycles. The Labute approximate surface area is 176 Å². The molecule has 0 spiro atoms. The van der Waals surface area contributed by atoms with Crippen LogP contribution in [0.25, 0.3) is 0 Å². The summed E-state index contributed by atoms with van der Waals surface area (Å²) in [4.78, 5) is 16.4. The van der Waals surface area contributed by atoms with Gasteiger partial charge in [0.2, 0.25) is 12.7 Å². The highest BCUT2D eigenvalue weighted by Gasteiger charge is 2.30. The summed E-state index contributed by atoms with van der Waals surface area (Å²) in [6, 6.07) is 8.64. The van der Waals surface area contributed by atoms with Crippen molar-refractivity contribution in [3.05, 3.63) is 58.1 Å². The number of rotatable bonds is 4. The van der Waals surface area contributed by atoms with Gasteiger partial charge in [0.15, 0.2) is 11.5 Å². The van der Waals surface area contributed by atoms with E-state index < -0.39 is 11.7 Å². The van der Waals surface area contributed by atoms with Crippen LogP contribution in [0.1, 0.15) is 23.1 Å². The van der Waals surface area contributed by atoms with Gasteiger partial charge in [0.25, 0.3) is 0 Å².